The summed E-state index contributed by atoms with van der Waals surface area (Å²) in [5.41, 5.74) is 0.404. The molecule has 0 aliphatic carbocycles. The van der Waals surface area contributed by atoms with Crippen LogP contribution in [0.5, 0.6) is 5.75 Å². The molecule has 3 aromatic rings. The molecule has 3 unspecified atom stereocenters. The molecule has 1 aliphatic heterocycles. The van der Waals surface area contributed by atoms with E-state index in [-0.39, 0.29) is 18.7 Å². The van der Waals surface area contributed by atoms with Crippen LogP contribution in [0.3, 0.4) is 0 Å². The van der Waals surface area contributed by atoms with E-state index < -0.39 is 48.5 Å². The first-order valence-electron chi connectivity index (χ1n) is 11.3. The molecule has 13 heteroatoms. The Balaban J connectivity index is 1.56. The molecule has 4 rings (SSSR count). The van der Waals surface area contributed by atoms with Crippen molar-refractivity contribution in [2.75, 3.05) is 18.5 Å². The number of imide groups is 1. The largest absolute Gasteiger partial charge is 0.491 e. The number of nitrogens with one attached hydrogen (secondary N) is 2. The molecule has 0 radical (unpaired) electrons. The molecule has 9 nitrogen and oxygen atoms in total. The van der Waals surface area contributed by atoms with Crippen molar-refractivity contribution < 1.29 is 33.7 Å². The van der Waals surface area contributed by atoms with E-state index in [0.29, 0.717) is 14.9 Å². The fourth-order valence-corrected chi connectivity index (χ4v) is 5.75. The van der Waals surface area contributed by atoms with Crippen LogP contribution in [0.15, 0.2) is 58.4 Å². The van der Waals surface area contributed by atoms with Crippen LogP contribution in [0.4, 0.5) is 14.9 Å². The molecule has 1 aliphatic rings. The van der Waals surface area contributed by atoms with Gasteiger partial charge in [0.25, 0.3) is 5.91 Å². The highest BCUT2D eigenvalue weighted by Gasteiger charge is 2.45. The topological polar surface area (TPSA) is 128 Å². The van der Waals surface area contributed by atoms with E-state index in [9.17, 15) is 23.9 Å². The number of rotatable bonds is 10. The summed E-state index contributed by atoms with van der Waals surface area (Å²) in [5.74, 6) is -1.56. The van der Waals surface area contributed by atoms with Crippen LogP contribution in [0, 0.1) is 9.39 Å². The van der Waals surface area contributed by atoms with Gasteiger partial charge in [0.1, 0.15) is 36.4 Å². The summed E-state index contributed by atoms with van der Waals surface area (Å²) in [6.07, 6.45) is -0.987. The minimum Gasteiger partial charge on any atom is -0.491 e. The summed E-state index contributed by atoms with van der Waals surface area (Å²) in [7, 11) is 0. The number of hydrogen-bond donors (Lipinski definition) is 4. The second-order valence-electron chi connectivity index (χ2n) is 8.35. The Labute approximate surface area is 243 Å². The van der Waals surface area contributed by atoms with Crippen LogP contribution >= 0.6 is 49.9 Å². The molecule has 4 amide bonds. The smallest absolute Gasteiger partial charge is 0.325 e. The van der Waals surface area contributed by atoms with Gasteiger partial charge in [-0.05, 0) is 86.5 Å². The van der Waals surface area contributed by atoms with Crippen LogP contribution < -0.4 is 15.4 Å². The third-order valence-corrected chi connectivity index (χ3v) is 7.98. The predicted molar refractivity (Wildman–Crippen MR) is 150 cm³/mol. The summed E-state index contributed by atoms with van der Waals surface area (Å²) in [6.45, 7) is -0.552. The first kappa shape index (κ1) is 28.4. The molecule has 0 saturated carbocycles. The molecule has 1 saturated heterocycles. The zero-order valence-corrected chi connectivity index (χ0v) is 24.1. The molecular weight excluding hydrogens is 696 g/mol. The van der Waals surface area contributed by atoms with Crippen LogP contribution in [0.25, 0.3) is 0 Å². The van der Waals surface area contributed by atoms with Gasteiger partial charge in [0.05, 0.1) is 16.1 Å². The van der Waals surface area contributed by atoms with E-state index in [1.54, 1.807) is 42.5 Å². The maximum absolute atomic E-state index is 14.5. The van der Waals surface area contributed by atoms with Crippen molar-refractivity contribution in [3.63, 3.8) is 0 Å². The Morgan fingerprint density at radius 2 is 1.95 bits per heavy atom. The Hall–Kier alpha value is -2.59. The molecule has 38 heavy (non-hydrogen) atoms. The van der Waals surface area contributed by atoms with E-state index in [1.165, 1.54) is 23.5 Å². The van der Waals surface area contributed by atoms with Crippen LogP contribution in [-0.4, -0.2) is 58.3 Å². The van der Waals surface area contributed by atoms with Crippen molar-refractivity contribution in [3.8, 4) is 5.75 Å². The number of urea groups is 1. The number of nitrogens with zero attached hydrogens (tertiary/aromatic N) is 1. The number of carbonyl (C=O) groups is 3. The number of anilines is 1. The second kappa shape index (κ2) is 12.5. The van der Waals surface area contributed by atoms with Gasteiger partial charge < -0.3 is 25.6 Å². The van der Waals surface area contributed by atoms with Gasteiger partial charge in [-0.2, -0.15) is 0 Å². The Bertz CT molecular complexity index is 1340. The SMILES string of the molecule is O=C(Nc1ccc(I)cc1F)C(Cc1ccc(Br)s1)N1C(=O)NC(c2ccc(OCC(O)CO)cc2)C1=O. The summed E-state index contributed by atoms with van der Waals surface area (Å²) in [6, 6.07) is 11.2. The van der Waals surface area contributed by atoms with Crippen LogP contribution in [-0.2, 0) is 16.0 Å². The predicted octanol–water partition coefficient (Wildman–Crippen LogP) is 3.83. The molecule has 200 valence electrons. The maximum atomic E-state index is 14.5. The van der Waals surface area contributed by atoms with Gasteiger partial charge in [-0.15, -0.1) is 11.3 Å². The fourth-order valence-electron chi connectivity index (χ4n) is 3.78. The van der Waals surface area contributed by atoms with E-state index in [0.717, 1.165) is 13.6 Å². The minimum absolute atomic E-state index is 0.0416. The van der Waals surface area contributed by atoms with E-state index in [4.69, 9.17) is 9.84 Å². The van der Waals surface area contributed by atoms with E-state index in [1.807, 2.05) is 22.6 Å². The molecule has 3 atom stereocenters. The monoisotopic (exact) mass is 717 g/mol. The number of ether oxygens (including phenoxy) is 1. The van der Waals surface area contributed by atoms with Gasteiger partial charge in [-0.1, -0.05) is 12.1 Å². The zero-order valence-electron chi connectivity index (χ0n) is 19.6. The average molecular weight is 718 g/mol. The second-order valence-corrected chi connectivity index (χ2v) is 12.1. The number of hydrogen-bond acceptors (Lipinski definition) is 7. The van der Waals surface area contributed by atoms with Crippen molar-refractivity contribution in [1.82, 2.24) is 10.2 Å². The van der Waals surface area contributed by atoms with Gasteiger partial charge in [0.2, 0.25) is 5.91 Å². The Morgan fingerprint density at radius 1 is 1.21 bits per heavy atom. The molecular formula is C25H22BrFIN3O6S. The van der Waals surface area contributed by atoms with Crippen LogP contribution in [0.2, 0.25) is 0 Å². The first-order valence-corrected chi connectivity index (χ1v) is 14.0. The number of thiophene rings is 1. The van der Waals surface area contributed by atoms with Gasteiger partial charge in [-0.25, -0.2) is 14.1 Å². The number of amides is 4. The first-order chi connectivity index (χ1) is 18.2. The lowest BCUT2D eigenvalue weighted by Crippen LogP contribution is -2.49. The minimum atomic E-state index is -1.24. The van der Waals surface area contributed by atoms with E-state index in [2.05, 4.69) is 26.6 Å². The number of benzene rings is 2. The molecule has 1 fully saturated rings. The van der Waals surface area contributed by atoms with Gasteiger partial charge in [-0.3, -0.25) is 9.59 Å². The number of aliphatic hydroxyl groups is 2. The summed E-state index contributed by atoms with van der Waals surface area (Å²) in [5, 5.41) is 23.5. The lowest BCUT2D eigenvalue weighted by atomic mass is 10.1. The van der Waals surface area contributed by atoms with Crippen LogP contribution in [0.1, 0.15) is 16.5 Å². The molecule has 4 N–H and O–H groups in total. The fraction of sp³-hybridized carbons (Fsp3) is 0.240. The quantitative estimate of drug-likeness (QED) is 0.187. The molecule has 0 spiro atoms. The molecule has 0 bridgehead atoms. The lowest BCUT2D eigenvalue weighted by molar-refractivity contribution is -0.134. The summed E-state index contributed by atoms with van der Waals surface area (Å²) in [4.78, 5) is 41.4. The molecule has 2 aromatic carbocycles. The normalized spacial score (nSPS) is 16.8. The Morgan fingerprint density at radius 3 is 2.58 bits per heavy atom. The van der Waals surface area contributed by atoms with Gasteiger partial charge in [0, 0.05) is 14.9 Å². The molecule has 2 heterocycles. The van der Waals surface area contributed by atoms with Gasteiger partial charge in [0.15, 0.2) is 0 Å². The number of aliphatic hydroxyl groups excluding tert-OH is 2. The Kier molecular flexibility index (Phi) is 9.36. The van der Waals surface area contributed by atoms with Gasteiger partial charge >= 0.3 is 6.03 Å². The van der Waals surface area contributed by atoms with Crippen molar-refractivity contribution in [2.24, 2.45) is 0 Å². The van der Waals surface area contributed by atoms with Crippen molar-refractivity contribution in [2.45, 2.75) is 24.6 Å². The maximum Gasteiger partial charge on any atom is 0.325 e. The highest BCUT2D eigenvalue weighted by molar-refractivity contribution is 14.1. The third kappa shape index (κ3) is 6.69. The van der Waals surface area contributed by atoms with Crippen molar-refractivity contribution in [1.29, 1.82) is 0 Å². The average Bonchev–Trinajstić information content (AvgIpc) is 3.44. The van der Waals surface area contributed by atoms with E-state index >= 15 is 0 Å². The number of halogens is 3. The highest BCUT2D eigenvalue weighted by atomic mass is 127. The third-order valence-electron chi connectivity index (χ3n) is 5.66. The standard InChI is InChI=1S/C25H22BrFIN3O6S/c26-21-8-6-17(38-21)10-20(23(34)29-19-7-3-14(28)9-18(19)27)31-24(35)22(30-25(31)36)13-1-4-16(5-2-13)37-12-15(33)11-32/h1-9,15,20,22,32-33H,10-12H2,(H,29,34)(H,30,36). The summed E-state index contributed by atoms with van der Waals surface area (Å²) < 4.78 is 21.3. The molecule has 1 aromatic heterocycles. The number of carbonyl (C=O) groups excluding carboxylic acids is 3. The highest BCUT2D eigenvalue weighted by Crippen LogP contribution is 2.30. The zero-order chi connectivity index (χ0) is 27.4. The van der Waals surface area contributed by atoms with Crippen molar-refractivity contribution in [3.05, 3.63) is 78.2 Å². The van der Waals surface area contributed by atoms with Crippen molar-refractivity contribution >= 4 is 73.4 Å². The summed E-state index contributed by atoms with van der Waals surface area (Å²) >= 11 is 6.69. The lowest BCUT2D eigenvalue weighted by Gasteiger charge is -2.24.